The second kappa shape index (κ2) is 6.55. The molecule has 8 heteroatoms. The van der Waals surface area contributed by atoms with Crippen molar-refractivity contribution in [2.45, 2.75) is 12.5 Å². The van der Waals surface area contributed by atoms with Crippen LogP contribution < -0.4 is 10.6 Å². The van der Waals surface area contributed by atoms with E-state index in [0.717, 1.165) is 17.0 Å². The Bertz CT molecular complexity index is 889. The first-order chi connectivity index (χ1) is 12.3. The largest absolute Gasteiger partial charge is 0.325 e. The van der Waals surface area contributed by atoms with Crippen LogP contribution in [0.1, 0.15) is 12.5 Å². The van der Waals surface area contributed by atoms with Crippen LogP contribution in [0.3, 0.4) is 0 Å². The molecule has 0 aromatic heterocycles. The van der Waals surface area contributed by atoms with E-state index in [1.54, 1.807) is 37.3 Å². The van der Waals surface area contributed by atoms with E-state index in [-0.39, 0.29) is 5.69 Å². The van der Waals surface area contributed by atoms with Crippen molar-refractivity contribution in [3.63, 3.8) is 0 Å². The first kappa shape index (κ1) is 17.5. The van der Waals surface area contributed by atoms with Crippen LogP contribution in [0.15, 0.2) is 48.5 Å². The van der Waals surface area contributed by atoms with Crippen LogP contribution in [0.4, 0.5) is 19.3 Å². The van der Waals surface area contributed by atoms with Gasteiger partial charge in [0.05, 0.1) is 5.69 Å². The molecule has 1 aliphatic heterocycles. The molecule has 1 fully saturated rings. The molecule has 0 aliphatic carbocycles. The van der Waals surface area contributed by atoms with Gasteiger partial charge < -0.3 is 10.6 Å². The number of carbonyl (C=O) groups is 3. The molecule has 1 unspecified atom stereocenters. The van der Waals surface area contributed by atoms with Gasteiger partial charge in [-0.15, -0.1) is 0 Å². The van der Waals surface area contributed by atoms with E-state index < -0.39 is 41.6 Å². The summed E-state index contributed by atoms with van der Waals surface area (Å²) in [5.41, 5.74) is -0.958. The van der Waals surface area contributed by atoms with Gasteiger partial charge in [0, 0.05) is 6.07 Å². The van der Waals surface area contributed by atoms with Gasteiger partial charge in [-0.05, 0) is 24.6 Å². The standard InChI is InChI=1S/C18H15F2N3O3/c1-18(11-5-3-2-4-6-11)16(25)23(17(26)22-18)10-15(24)21-14-8-7-12(19)9-13(14)20/h2-9H,10H2,1H3,(H,21,24)(H,22,26). The third-order valence-electron chi connectivity index (χ3n) is 4.13. The van der Waals surface area contributed by atoms with Crippen molar-refractivity contribution in [3.8, 4) is 0 Å². The van der Waals surface area contributed by atoms with Crippen LogP contribution in [0.2, 0.25) is 0 Å². The van der Waals surface area contributed by atoms with Crippen molar-refractivity contribution in [1.29, 1.82) is 0 Å². The smallest absolute Gasteiger partial charge is 0.322 e. The fraction of sp³-hybridized carbons (Fsp3) is 0.167. The number of hydrogen-bond donors (Lipinski definition) is 2. The van der Waals surface area contributed by atoms with E-state index in [4.69, 9.17) is 0 Å². The molecule has 1 aliphatic rings. The van der Waals surface area contributed by atoms with Crippen molar-refractivity contribution in [2.24, 2.45) is 0 Å². The van der Waals surface area contributed by atoms with Gasteiger partial charge in [0.25, 0.3) is 5.91 Å². The summed E-state index contributed by atoms with van der Waals surface area (Å²) in [6.45, 7) is 0.948. The maximum Gasteiger partial charge on any atom is 0.325 e. The predicted molar refractivity (Wildman–Crippen MR) is 89.0 cm³/mol. The molecule has 2 aromatic rings. The number of halogens is 2. The first-order valence-corrected chi connectivity index (χ1v) is 7.76. The Hall–Kier alpha value is -3.29. The van der Waals surface area contributed by atoms with Gasteiger partial charge in [0.15, 0.2) is 0 Å². The highest BCUT2D eigenvalue weighted by molar-refractivity contribution is 6.10. The fourth-order valence-corrected chi connectivity index (χ4v) is 2.73. The number of nitrogens with one attached hydrogen (secondary N) is 2. The Labute approximate surface area is 147 Å². The number of hydrogen-bond acceptors (Lipinski definition) is 3. The molecule has 1 saturated heterocycles. The van der Waals surface area contributed by atoms with E-state index in [0.29, 0.717) is 11.6 Å². The van der Waals surface area contributed by atoms with E-state index in [1.165, 1.54) is 0 Å². The minimum atomic E-state index is -1.29. The molecule has 2 aromatic carbocycles. The molecule has 4 amide bonds. The zero-order chi connectivity index (χ0) is 18.9. The number of urea groups is 1. The van der Waals surface area contributed by atoms with Crippen molar-refractivity contribution >= 4 is 23.5 Å². The third-order valence-corrected chi connectivity index (χ3v) is 4.13. The zero-order valence-corrected chi connectivity index (χ0v) is 13.8. The summed E-state index contributed by atoms with van der Waals surface area (Å²) >= 11 is 0. The summed E-state index contributed by atoms with van der Waals surface area (Å²) in [6.07, 6.45) is 0. The molecule has 6 nitrogen and oxygen atoms in total. The fourth-order valence-electron chi connectivity index (χ4n) is 2.73. The highest BCUT2D eigenvalue weighted by atomic mass is 19.1. The normalized spacial score (nSPS) is 19.4. The Morgan fingerprint density at radius 1 is 1.15 bits per heavy atom. The number of imide groups is 1. The van der Waals surface area contributed by atoms with Crippen LogP contribution in [-0.2, 0) is 15.1 Å². The summed E-state index contributed by atoms with van der Waals surface area (Å²) in [5, 5.41) is 4.79. The van der Waals surface area contributed by atoms with E-state index in [2.05, 4.69) is 10.6 Å². The van der Waals surface area contributed by atoms with Gasteiger partial charge in [-0.25, -0.2) is 13.6 Å². The number of carbonyl (C=O) groups excluding carboxylic acids is 3. The Morgan fingerprint density at radius 3 is 2.50 bits per heavy atom. The lowest BCUT2D eigenvalue weighted by atomic mass is 9.92. The number of nitrogens with zero attached hydrogens (tertiary/aromatic N) is 1. The van der Waals surface area contributed by atoms with Crippen LogP contribution in [0.5, 0.6) is 0 Å². The average molecular weight is 359 g/mol. The minimum absolute atomic E-state index is 0.241. The highest BCUT2D eigenvalue weighted by Crippen LogP contribution is 2.28. The quantitative estimate of drug-likeness (QED) is 0.823. The Kier molecular flexibility index (Phi) is 4.41. The predicted octanol–water partition coefficient (Wildman–Crippen LogP) is 2.37. The molecule has 0 spiro atoms. The van der Waals surface area contributed by atoms with Crippen molar-refractivity contribution in [1.82, 2.24) is 10.2 Å². The van der Waals surface area contributed by atoms with Gasteiger partial charge in [0.2, 0.25) is 5.91 Å². The maximum absolute atomic E-state index is 13.6. The minimum Gasteiger partial charge on any atom is -0.322 e. The molecular formula is C18H15F2N3O3. The lowest BCUT2D eigenvalue weighted by Crippen LogP contribution is -2.42. The Morgan fingerprint density at radius 2 is 1.85 bits per heavy atom. The number of anilines is 1. The zero-order valence-electron chi connectivity index (χ0n) is 13.8. The second-order valence-electron chi connectivity index (χ2n) is 5.98. The number of rotatable bonds is 4. The third kappa shape index (κ3) is 3.13. The van der Waals surface area contributed by atoms with E-state index in [9.17, 15) is 23.2 Å². The van der Waals surface area contributed by atoms with Gasteiger partial charge in [-0.2, -0.15) is 0 Å². The maximum atomic E-state index is 13.6. The number of benzene rings is 2. The number of amides is 4. The van der Waals surface area contributed by atoms with Gasteiger partial charge in [0.1, 0.15) is 23.7 Å². The lowest BCUT2D eigenvalue weighted by Gasteiger charge is -2.22. The molecule has 0 saturated carbocycles. The highest BCUT2D eigenvalue weighted by Gasteiger charge is 2.49. The first-order valence-electron chi connectivity index (χ1n) is 7.76. The summed E-state index contributed by atoms with van der Waals surface area (Å²) in [7, 11) is 0. The molecule has 2 N–H and O–H groups in total. The van der Waals surface area contributed by atoms with Crippen LogP contribution >= 0.6 is 0 Å². The molecule has 1 atom stereocenters. The van der Waals surface area contributed by atoms with Crippen LogP contribution in [0.25, 0.3) is 0 Å². The van der Waals surface area contributed by atoms with Gasteiger partial charge in [-0.3, -0.25) is 14.5 Å². The lowest BCUT2D eigenvalue weighted by molar-refractivity contribution is -0.133. The van der Waals surface area contributed by atoms with Crippen LogP contribution in [-0.4, -0.2) is 29.3 Å². The second-order valence-corrected chi connectivity index (χ2v) is 5.98. The molecule has 26 heavy (non-hydrogen) atoms. The molecule has 1 heterocycles. The molecule has 0 radical (unpaired) electrons. The molecular weight excluding hydrogens is 344 g/mol. The van der Waals surface area contributed by atoms with Crippen LogP contribution in [0, 0.1) is 11.6 Å². The SMILES string of the molecule is CC1(c2ccccc2)NC(=O)N(CC(=O)Nc2ccc(F)cc2F)C1=O. The summed E-state index contributed by atoms with van der Waals surface area (Å²) in [6, 6.07) is 10.6. The summed E-state index contributed by atoms with van der Waals surface area (Å²) in [4.78, 5) is 37.7. The van der Waals surface area contributed by atoms with Gasteiger partial charge >= 0.3 is 6.03 Å². The molecule has 0 bridgehead atoms. The van der Waals surface area contributed by atoms with Crippen molar-refractivity contribution in [3.05, 3.63) is 65.7 Å². The van der Waals surface area contributed by atoms with Gasteiger partial charge in [-0.1, -0.05) is 30.3 Å². The summed E-state index contributed by atoms with van der Waals surface area (Å²) < 4.78 is 26.5. The molecule has 134 valence electrons. The molecule has 3 rings (SSSR count). The topological polar surface area (TPSA) is 78.5 Å². The monoisotopic (exact) mass is 359 g/mol. The average Bonchev–Trinajstić information content (AvgIpc) is 2.82. The van der Waals surface area contributed by atoms with Crippen molar-refractivity contribution in [2.75, 3.05) is 11.9 Å². The van der Waals surface area contributed by atoms with Crippen molar-refractivity contribution < 1.29 is 23.2 Å². The Balaban J connectivity index is 1.74. The van der Waals surface area contributed by atoms with E-state index >= 15 is 0 Å². The summed E-state index contributed by atoms with van der Waals surface area (Å²) in [5.74, 6) is -3.11. The van der Waals surface area contributed by atoms with E-state index in [1.807, 2.05) is 0 Å².